The molecule has 3 saturated heterocycles. The van der Waals surface area contributed by atoms with Gasteiger partial charge >= 0.3 is 0 Å². The monoisotopic (exact) mass is 310 g/mol. The Kier molecular flexibility index (Phi) is 3.61. The van der Waals surface area contributed by atoms with Crippen molar-refractivity contribution in [3.05, 3.63) is 0 Å². The molecule has 4 fully saturated rings. The van der Waals surface area contributed by atoms with Gasteiger partial charge in [0.2, 0.25) is 11.8 Å². The van der Waals surface area contributed by atoms with E-state index in [-0.39, 0.29) is 35.9 Å². The molecule has 116 valence electrons. The molecule has 2 amide bonds. The van der Waals surface area contributed by atoms with Crippen molar-refractivity contribution in [3.8, 4) is 0 Å². The molecule has 6 heteroatoms. The number of nitrogens with one attached hydrogen (secondary N) is 1. The van der Waals surface area contributed by atoms with E-state index in [1.54, 1.807) is 16.7 Å². The van der Waals surface area contributed by atoms with Crippen molar-refractivity contribution in [2.24, 2.45) is 5.92 Å². The SMILES string of the molecule is O=C(N[C@@H]1C[C@H]2CC[C@H]1O2)[C@H]1CSCN1C(=O)C1CCC1. The Morgan fingerprint density at radius 2 is 2.05 bits per heavy atom. The fourth-order valence-electron chi connectivity index (χ4n) is 3.84. The van der Waals surface area contributed by atoms with E-state index in [1.807, 2.05) is 0 Å². The molecule has 1 saturated carbocycles. The average molecular weight is 310 g/mol. The molecule has 3 aliphatic heterocycles. The highest BCUT2D eigenvalue weighted by molar-refractivity contribution is 7.99. The molecule has 4 atom stereocenters. The summed E-state index contributed by atoms with van der Waals surface area (Å²) in [5.74, 6) is 1.78. The zero-order chi connectivity index (χ0) is 14.4. The number of rotatable bonds is 3. The number of nitrogens with zero attached hydrogens (tertiary/aromatic N) is 1. The molecule has 0 spiro atoms. The fraction of sp³-hybridized carbons (Fsp3) is 0.867. The predicted octanol–water partition coefficient (Wildman–Crippen LogP) is 1.12. The molecule has 0 radical (unpaired) electrons. The lowest BCUT2D eigenvalue weighted by Crippen LogP contribution is -2.53. The molecule has 21 heavy (non-hydrogen) atoms. The number of amides is 2. The second kappa shape index (κ2) is 5.47. The first-order chi connectivity index (χ1) is 10.2. The number of thioether (sulfide) groups is 1. The molecular weight excluding hydrogens is 288 g/mol. The van der Waals surface area contributed by atoms with Gasteiger partial charge in [-0.25, -0.2) is 0 Å². The third kappa shape index (κ3) is 2.46. The summed E-state index contributed by atoms with van der Waals surface area (Å²) >= 11 is 1.69. The van der Waals surface area contributed by atoms with E-state index in [0.29, 0.717) is 12.0 Å². The van der Waals surface area contributed by atoms with Crippen LogP contribution in [0.25, 0.3) is 0 Å². The molecule has 4 aliphatic rings. The molecule has 3 heterocycles. The largest absolute Gasteiger partial charge is 0.373 e. The molecule has 1 aliphatic carbocycles. The van der Waals surface area contributed by atoms with Gasteiger partial charge in [-0.3, -0.25) is 9.59 Å². The van der Waals surface area contributed by atoms with Crippen LogP contribution in [-0.2, 0) is 14.3 Å². The smallest absolute Gasteiger partial charge is 0.244 e. The number of fused-ring (bicyclic) bond motifs is 2. The summed E-state index contributed by atoms with van der Waals surface area (Å²) in [6.07, 6.45) is 6.80. The molecule has 0 unspecified atom stereocenters. The van der Waals surface area contributed by atoms with E-state index < -0.39 is 0 Å². The van der Waals surface area contributed by atoms with Crippen molar-refractivity contribution < 1.29 is 14.3 Å². The van der Waals surface area contributed by atoms with E-state index in [2.05, 4.69) is 5.32 Å². The highest BCUT2D eigenvalue weighted by atomic mass is 32.2. The summed E-state index contributed by atoms with van der Waals surface area (Å²) in [7, 11) is 0. The van der Waals surface area contributed by atoms with Gasteiger partial charge in [0.1, 0.15) is 6.04 Å². The average Bonchev–Trinajstić information content (AvgIpc) is 3.12. The summed E-state index contributed by atoms with van der Waals surface area (Å²) < 4.78 is 5.79. The molecule has 5 nitrogen and oxygen atoms in total. The lowest BCUT2D eigenvalue weighted by atomic mass is 9.84. The molecule has 0 aromatic heterocycles. The third-order valence-electron chi connectivity index (χ3n) is 5.36. The Labute approximate surface area is 129 Å². The summed E-state index contributed by atoms with van der Waals surface area (Å²) in [4.78, 5) is 26.8. The van der Waals surface area contributed by atoms with E-state index in [0.717, 1.165) is 44.3 Å². The Hall–Kier alpha value is -0.750. The van der Waals surface area contributed by atoms with Crippen LogP contribution in [0.2, 0.25) is 0 Å². The van der Waals surface area contributed by atoms with Gasteiger partial charge in [0.05, 0.1) is 24.1 Å². The van der Waals surface area contributed by atoms with Crippen LogP contribution >= 0.6 is 11.8 Å². The molecular formula is C15H22N2O3S. The Morgan fingerprint density at radius 1 is 1.19 bits per heavy atom. The maximum atomic E-state index is 12.5. The van der Waals surface area contributed by atoms with Crippen molar-refractivity contribution in [1.82, 2.24) is 10.2 Å². The van der Waals surface area contributed by atoms with Crippen LogP contribution in [0.1, 0.15) is 38.5 Å². The number of hydrogen-bond donors (Lipinski definition) is 1. The molecule has 2 bridgehead atoms. The van der Waals surface area contributed by atoms with Gasteiger partial charge in [-0.2, -0.15) is 0 Å². The first kappa shape index (κ1) is 13.9. The number of hydrogen-bond acceptors (Lipinski definition) is 4. The van der Waals surface area contributed by atoms with Crippen LogP contribution in [0, 0.1) is 5.92 Å². The summed E-state index contributed by atoms with van der Waals surface area (Å²) in [5, 5.41) is 3.14. The summed E-state index contributed by atoms with van der Waals surface area (Å²) in [5.41, 5.74) is 0. The number of carbonyl (C=O) groups excluding carboxylic acids is 2. The topological polar surface area (TPSA) is 58.6 Å². The predicted molar refractivity (Wildman–Crippen MR) is 79.7 cm³/mol. The van der Waals surface area contributed by atoms with Gasteiger partial charge in [0.25, 0.3) is 0 Å². The van der Waals surface area contributed by atoms with Gasteiger partial charge in [-0.05, 0) is 32.1 Å². The van der Waals surface area contributed by atoms with E-state index >= 15 is 0 Å². The van der Waals surface area contributed by atoms with Gasteiger partial charge in [0, 0.05) is 11.7 Å². The highest BCUT2D eigenvalue weighted by Gasteiger charge is 2.44. The Morgan fingerprint density at radius 3 is 2.67 bits per heavy atom. The minimum absolute atomic E-state index is 0.0221. The molecule has 1 N–H and O–H groups in total. The van der Waals surface area contributed by atoms with Gasteiger partial charge in [0.15, 0.2) is 0 Å². The zero-order valence-electron chi connectivity index (χ0n) is 12.1. The van der Waals surface area contributed by atoms with Gasteiger partial charge in [-0.15, -0.1) is 11.8 Å². The highest BCUT2D eigenvalue weighted by Crippen LogP contribution is 2.35. The quantitative estimate of drug-likeness (QED) is 0.849. The summed E-state index contributed by atoms with van der Waals surface area (Å²) in [6.45, 7) is 0. The molecule has 0 aromatic carbocycles. The maximum Gasteiger partial charge on any atom is 0.244 e. The van der Waals surface area contributed by atoms with Crippen LogP contribution in [0.3, 0.4) is 0 Å². The van der Waals surface area contributed by atoms with Crippen molar-refractivity contribution in [1.29, 1.82) is 0 Å². The molecule has 0 aromatic rings. The summed E-state index contributed by atoms with van der Waals surface area (Å²) in [6, 6.07) is -0.121. The third-order valence-corrected chi connectivity index (χ3v) is 6.37. The first-order valence-corrected chi connectivity index (χ1v) is 9.22. The van der Waals surface area contributed by atoms with Crippen LogP contribution in [-0.4, -0.2) is 52.6 Å². The fourth-order valence-corrected chi connectivity index (χ4v) is 5.00. The maximum absolute atomic E-state index is 12.5. The minimum Gasteiger partial charge on any atom is -0.373 e. The normalized spacial score (nSPS) is 38.6. The van der Waals surface area contributed by atoms with E-state index in [9.17, 15) is 9.59 Å². The lowest BCUT2D eigenvalue weighted by Gasteiger charge is -2.32. The minimum atomic E-state index is -0.276. The standard InChI is InChI=1S/C15H22N2O3S/c18-14(16-11-6-10-4-5-13(11)20-10)12-7-21-8-17(12)15(19)9-2-1-3-9/h9-13H,1-8H2,(H,16,18)/t10-,11-,12-,13-/m1/s1. The van der Waals surface area contributed by atoms with Crippen molar-refractivity contribution in [2.45, 2.75) is 62.8 Å². The van der Waals surface area contributed by atoms with E-state index in [1.165, 1.54) is 0 Å². The lowest BCUT2D eigenvalue weighted by molar-refractivity contribution is -0.143. The van der Waals surface area contributed by atoms with Crippen molar-refractivity contribution in [2.75, 3.05) is 11.6 Å². The van der Waals surface area contributed by atoms with Crippen LogP contribution < -0.4 is 5.32 Å². The Bertz CT molecular complexity index is 454. The van der Waals surface area contributed by atoms with Crippen LogP contribution in [0.4, 0.5) is 0 Å². The Balaban J connectivity index is 1.37. The molecule has 4 rings (SSSR count). The van der Waals surface area contributed by atoms with Gasteiger partial charge in [-0.1, -0.05) is 6.42 Å². The van der Waals surface area contributed by atoms with Crippen molar-refractivity contribution in [3.63, 3.8) is 0 Å². The van der Waals surface area contributed by atoms with Crippen molar-refractivity contribution >= 4 is 23.6 Å². The zero-order valence-corrected chi connectivity index (χ0v) is 12.9. The van der Waals surface area contributed by atoms with E-state index in [4.69, 9.17) is 4.74 Å². The number of carbonyl (C=O) groups is 2. The van der Waals surface area contributed by atoms with Crippen LogP contribution in [0.15, 0.2) is 0 Å². The second-order valence-electron chi connectivity index (χ2n) is 6.68. The van der Waals surface area contributed by atoms with Gasteiger partial charge < -0.3 is 15.0 Å². The second-order valence-corrected chi connectivity index (χ2v) is 7.68. The number of ether oxygens (including phenoxy) is 1. The first-order valence-electron chi connectivity index (χ1n) is 8.06. The van der Waals surface area contributed by atoms with Crippen LogP contribution in [0.5, 0.6) is 0 Å².